The zero-order chi connectivity index (χ0) is 20.6. The van der Waals surface area contributed by atoms with Crippen LogP contribution >= 0.6 is 0 Å². The van der Waals surface area contributed by atoms with Gasteiger partial charge in [0, 0.05) is 32.8 Å². The summed E-state index contributed by atoms with van der Waals surface area (Å²) in [6.07, 6.45) is 3.95. The number of hydrogen-bond donors (Lipinski definition) is 1. The van der Waals surface area contributed by atoms with E-state index in [9.17, 15) is 13.6 Å². The molecule has 156 valence electrons. The van der Waals surface area contributed by atoms with Gasteiger partial charge in [0.1, 0.15) is 0 Å². The summed E-state index contributed by atoms with van der Waals surface area (Å²) in [5, 5.41) is 3.12. The predicted octanol–water partition coefficient (Wildman–Crippen LogP) is 3.47. The molecular weight excluding hydrogens is 376 g/mol. The molecule has 0 aliphatic carbocycles. The number of carbonyl (C=O) groups excluding carboxylic acids is 1. The molecule has 0 unspecified atom stereocenters. The van der Waals surface area contributed by atoms with Gasteiger partial charge in [-0.3, -0.25) is 14.7 Å². The van der Waals surface area contributed by atoms with Crippen LogP contribution in [0.4, 0.5) is 8.78 Å². The highest BCUT2D eigenvalue weighted by Crippen LogP contribution is 2.30. The lowest BCUT2D eigenvalue weighted by Crippen LogP contribution is -2.43. The van der Waals surface area contributed by atoms with Gasteiger partial charge < -0.3 is 10.1 Å². The van der Waals surface area contributed by atoms with Gasteiger partial charge in [-0.05, 0) is 55.1 Å². The van der Waals surface area contributed by atoms with Crippen LogP contribution in [0.2, 0.25) is 0 Å². The van der Waals surface area contributed by atoms with E-state index in [1.54, 1.807) is 19.4 Å². The third kappa shape index (κ3) is 6.05. The lowest BCUT2D eigenvalue weighted by Gasteiger charge is -2.37. The van der Waals surface area contributed by atoms with Crippen LogP contribution < -0.4 is 5.32 Å². The van der Waals surface area contributed by atoms with E-state index in [1.165, 1.54) is 12.1 Å². The number of piperidine rings is 1. The molecule has 2 atom stereocenters. The first-order valence-corrected chi connectivity index (χ1v) is 9.92. The summed E-state index contributed by atoms with van der Waals surface area (Å²) in [5.74, 6) is -1.55. The fourth-order valence-electron chi connectivity index (χ4n) is 3.84. The Labute approximate surface area is 170 Å². The number of methoxy groups -OCH3 is 1. The van der Waals surface area contributed by atoms with Gasteiger partial charge >= 0.3 is 0 Å². The smallest absolute Gasteiger partial charge is 0.222 e. The van der Waals surface area contributed by atoms with E-state index in [-0.39, 0.29) is 17.9 Å². The number of benzene rings is 1. The van der Waals surface area contributed by atoms with Crippen molar-refractivity contribution in [3.05, 3.63) is 65.5 Å². The molecule has 0 radical (unpaired) electrons. The van der Waals surface area contributed by atoms with Crippen molar-refractivity contribution in [1.29, 1.82) is 0 Å². The molecule has 3 rings (SSSR count). The topological polar surface area (TPSA) is 54.5 Å². The number of nitrogens with zero attached hydrogens (tertiary/aromatic N) is 2. The number of halogens is 2. The first-order valence-electron chi connectivity index (χ1n) is 9.92. The average Bonchev–Trinajstić information content (AvgIpc) is 2.74. The predicted molar refractivity (Wildman–Crippen MR) is 106 cm³/mol. The molecule has 29 heavy (non-hydrogen) atoms. The molecule has 2 heterocycles. The first-order chi connectivity index (χ1) is 14.1. The molecule has 0 bridgehead atoms. The highest BCUT2D eigenvalue weighted by molar-refractivity contribution is 5.76. The van der Waals surface area contributed by atoms with Crippen LogP contribution in [0.5, 0.6) is 0 Å². The maximum Gasteiger partial charge on any atom is 0.222 e. The number of hydrogen-bond acceptors (Lipinski definition) is 4. The molecule has 1 N–H and O–H groups in total. The van der Waals surface area contributed by atoms with Crippen molar-refractivity contribution in [2.45, 2.75) is 31.8 Å². The zero-order valence-corrected chi connectivity index (χ0v) is 16.6. The van der Waals surface area contributed by atoms with Gasteiger partial charge in [0.15, 0.2) is 11.6 Å². The fraction of sp³-hybridized carbons (Fsp3) is 0.455. The van der Waals surface area contributed by atoms with Crippen LogP contribution in [-0.2, 0) is 16.1 Å². The maximum absolute atomic E-state index is 13.5. The maximum atomic E-state index is 13.5. The Morgan fingerprint density at radius 3 is 2.90 bits per heavy atom. The van der Waals surface area contributed by atoms with Gasteiger partial charge in [-0.2, -0.15) is 0 Å². The van der Waals surface area contributed by atoms with Crippen LogP contribution in [-0.4, -0.2) is 42.6 Å². The highest BCUT2D eigenvalue weighted by atomic mass is 19.2. The van der Waals surface area contributed by atoms with Crippen molar-refractivity contribution in [2.24, 2.45) is 5.92 Å². The lowest BCUT2D eigenvalue weighted by molar-refractivity contribution is -0.123. The number of aromatic nitrogens is 1. The quantitative estimate of drug-likeness (QED) is 0.733. The van der Waals surface area contributed by atoms with E-state index in [1.807, 2.05) is 18.2 Å². The summed E-state index contributed by atoms with van der Waals surface area (Å²) >= 11 is 0. The minimum absolute atomic E-state index is 0.0692. The molecule has 1 fully saturated rings. The fourth-order valence-corrected chi connectivity index (χ4v) is 3.84. The molecular formula is C22H27F2N3O2. The summed E-state index contributed by atoms with van der Waals surface area (Å²) in [6.45, 7) is 2.53. The molecule has 1 amide bonds. The summed E-state index contributed by atoms with van der Waals surface area (Å²) in [6, 6.07) is 9.52. The second-order valence-electron chi connectivity index (χ2n) is 7.43. The average molecular weight is 403 g/mol. The van der Waals surface area contributed by atoms with E-state index in [0.29, 0.717) is 19.6 Å². The van der Waals surface area contributed by atoms with Gasteiger partial charge in [0.25, 0.3) is 0 Å². The largest absolute Gasteiger partial charge is 0.384 e. The Balaban J connectivity index is 1.71. The summed E-state index contributed by atoms with van der Waals surface area (Å²) < 4.78 is 31.7. The molecule has 1 aromatic carbocycles. The second-order valence-corrected chi connectivity index (χ2v) is 7.43. The Bertz CT molecular complexity index is 804. The summed E-state index contributed by atoms with van der Waals surface area (Å²) in [7, 11) is 1.57. The van der Waals surface area contributed by atoms with E-state index in [0.717, 1.165) is 37.2 Å². The molecule has 1 aromatic heterocycles. The van der Waals surface area contributed by atoms with E-state index in [2.05, 4.69) is 15.2 Å². The van der Waals surface area contributed by atoms with Crippen LogP contribution in [0.25, 0.3) is 0 Å². The number of amides is 1. The number of pyridine rings is 1. The molecule has 0 saturated carbocycles. The standard InChI is InChI=1S/C22H27F2N3O2/c1-29-12-9-21(28)26-22(20-6-2-3-10-25-20)17-5-4-11-27(15-17)14-16-7-8-18(23)19(24)13-16/h2-3,6-8,10,13,17,22H,4-5,9,11-12,14-15H2,1H3,(H,26,28)/t17-,22-/m0/s1. The molecule has 0 spiro atoms. The minimum atomic E-state index is -0.834. The van der Waals surface area contributed by atoms with Crippen LogP contribution in [0.1, 0.15) is 36.6 Å². The molecule has 1 saturated heterocycles. The molecule has 2 aromatic rings. The van der Waals surface area contributed by atoms with Crippen molar-refractivity contribution in [1.82, 2.24) is 15.2 Å². The minimum Gasteiger partial charge on any atom is -0.384 e. The summed E-state index contributed by atoms with van der Waals surface area (Å²) in [4.78, 5) is 19.0. The molecule has 5 nitrogen and oxygen atoms in total. The van der Waals surface area contributed by atoms with E-state index in [4.69, 9.17) is 4.74 Å². The molecule has 1 aliphatic heterocycles. The molecule has 7 heteroatoms. The Kier molecular flexibility index (Phi) is 7.66. The first kappa shape index (κ1) is 21.3. The number of ether oxygens (including phenoxy) is 1. The Hall–Kier alpha value is -2.38. The third-order valence-corrected chi connectivity index (χ3v) is 5.26. The van der Waals surface area contributed by atoms with Gasteiger partial charge in [0.2, 0.25) is 5.91 Å². The van der Waals surface area contributed by atoms with Gasteiger partial charge in [-0.25, -0.2) is 8.78 Å². The zero-order valence-electron chi connectivity index (χ0n) is 16.6. The third-order valence-electron chi connectivity index (χ3n) is 5.26. The van der Waals surface area contributed by atoms with Crippen LogP contribution in [0, 0.1) is 17.6 Å². The summed E-state index contributed by atoms with van der Waals surface area (Å²) in [5.41, 5.74) is 1.57. The SMILES string of the molecule is COCCC(=O)N[C@H](c1ccccn1)[C@H]1CCCN(Cc2ccc(F)c(F)c2)C1. The molecule has 1 aliphatic rings. The van der Waals surface area contributed by atoms with Gasteiger partial charge in [-0.15, -0.1) is 0 Å². The van der Waals surface area contributed by atoms with Crippen molar-refractivity contribution in [2.75, 3.05) is 26.8 Å². The van der Waals surface area contributed by atoms with Crippen LogP contribution in [0.15, 0.2) is 42.6 Å². The normalized spacial score (nSPS) is 18.4. The van der Waals surface area contributed by atoms with Crippen molar-refractivity contribution in [3.8, 4) is 0 Å². The second kappa shape index (κ2) is 10.4. The number of likely N-dealkylation sites (tertiary alicyclic amines) is 1. The van der Waals surface area contributed by atoms with Crippen molar-refractivity contribution >= 4 is 5.91 Å². The number of rotatable bonds is 8. The Morgan fingerprint density at radius 1 is 1.31 bits per heavy atom. The number of carbonyl (C=O) groups is 1. The van der Waals surface area contributed by atoms with E-state index >= 15 is 0 Å². The Morgan fingerprint density at radius 2 is 2.17 bits per heavy atom. The van der Waals surface area contributed by atoms with Crippen LogP contribution in [0.3, 0.4) is 0 Å². The monoisotopic (exact) mass is 403 g/mol. The van der Waals surface area contributed by atoms with Crippen molar-refractivity contribution < 1.29 is 18.3 Å². The lowest BCUT2D eigenvalue weighted by atomic mass is 9.88. The number of nitrogens with one attached hydrogen (secondary N) is 1. The van der Waals surface area contributed by atoms with E-state index < -0.39 is 11.6 Å². The highest BCUT2D eigenvalue weighted by Gasteiger charge is 2.30. The van der Waals surface area contributed by atoms with Crippen molar-refractivity contribution in [3.63, 3.8) is 0 Å². The van der Waals surface area contributed by atoms with Gasteiger partial charge in [-0.1, -0.05) is 12.1 Å². The van der Waals surface area contributed by atoms with Gasteiger partial charge in [0.05, 0.1) is 18.3 Å².